The molecule has 0 aromatic heterocycles. The van der Waals surface area contributed by atoms with Gasteiger partial charge in [0.2, 0.25) is 0 Å². The zero-order valence-electron chi connectivity index (χ0n) is 7.98. The molecule has 2 heteroatoms. The molecule has 0 bridgehead atoms. The Morgan fingerprint density at radius 1 is 1.21 bits per heavy atom. The van der Waals surface area contributed by atoms with Gasteiger partial charge in [-0.2, -0.15) is 0 Å². The fourth-order valence-corrected chi connectivity index (χ4v) is 2.35. The summed E-state index contributed by atoms with van der Waals surface area (Å²) in [5.41, 5.74) is 6.92. The molecule has 1 aromatic rings. The lowest BCUT2D eigenvalue weighted by atomic mass is 10.0. The molecule has 70 valence electrons. The first kappa shape index (κ1) is 9.43. The van der Waals surface area contributed by atoms with Gasteiger partial charge < -0.3 is 5.73 Å². The van der Waals surface area contributed by atoms with Crippen LogP contribution in [0.4, 0.5) is 0 Å². The zero-order chi connectivity index (χ0) is 9.80. The van der Waals surface area contributed by atoms with Crippen molar-refractivity contribution in [3.63, 3.8) is 0 Å². The minimum absolute atomic E-state index is 0.470. The van der Waals surface area contributed by atoms with Crippen molar-refractivity contribution in [3.05, 3.63) is 54.1 Å². The summed E-state index contributed by atoms with van der Waals surface area (Å²) in [6, 6.07) is 8.70. The minimum atomic E-state index is 0.470. The smallest absolute Gasteiger partial charge is 0.0973 e. The lowest BCUT2D eigenvalue weighted by Crippen LogP contribution is -2.23. The van der Waals surface area contributed by atoms with Crippen LogP contribution in [-0.2, 0) is 0 Å². The van der Waals surface area contributed by atoms with Crippen molar-refractivity contribution in [1.82, 2.24) is 0 Å². The Morgan fingerprint density at radius 3 is 2.71 bits per heavy atom. The van der Waals surface area contributed by atoms with E-state index >= 15 is 0 Å². The number of benzene rings is 1. The molecule has 2 radical (unpaired) electrons. The zero-order valence-corrected chi connectivity index (χ0v) is 8.98. The molecule has 2 N–H and O–H groups in total. The Kier molecular flexibility index (Phi) is 2.96. The Hall–Kier alpha value is -1.12. The molecule has 14 heavy (non-hydrogen) atoms. The van der Waals surface area contributed by atoms with E-state index in [1.54, 1.807) is 0 Å². The van der Waals surface area contributed by atoms with E-state index < -0.39 is 0 Å². The van der Waals surface area contributed by atoms with Crippen LogP contribution < -0.4 is 10.9 Å². The molecule has 0 unspecified atom stereocenters. The highest BCUT2D eigenvalue weighted by molar-refractivity contribution is 6.53. The van der Waals surface area contributed by atoms with E-state index in [0.29, 0.717) is 5.92 Å². The van der Waals surface area contributed by atoms with E-state index in [1.807, 2.05) is 0 Å². The van der Waals surface area contributed by atoms with Crippen LogP contribution in [0, 0.1) is 0 Å². The van der Waals surface area contributed by atoms with Crippen LogP contribution in [0.3, 0.4) is 0 Å². The highest BCUT2D eigenvalue weighted by atomic mass is 28.2. The van der Waals surface area contributed by atoms with Gasteiger partial charge in [-0.15, -0.1) is 0 Å². The molecular weight excluding hydrogens is 186 g/mol. The van der Waals surface area contributed by atoms with Gasteiger partial charge in [-0.1, -0.05) is 53.8 Å². The van der Waals surface area contributed by atoms with Gasteiger partial charge in [0.05, 0.1) is 9.52 Å². The van der Waals surface area contributed by atoms with Crippen molar-refractivity contribution in [2.45, 2.75) is 5.92 Å². The maximum atomic E-state index is 5.55. The largest absolute Gasteiger partial charge is 0.333 e. The maximum Gasteiger partial charge on any atom is 0.0973 e. The fourth-order valence-electron chi connectivity index (χ4n) is 1.63. The van der Waals surface area contributed by atoms with Crippen molar-refractivity contribution in [2.75, 3.05) is 6.17 Å². The summed E-state index contributed by atoms with van der Waals surface area (Å²) in [5.74, 6) is 0.470. The molecule has 0 aliphatic heterocycles. The molecular formula is C12H13NSi. The third-order valence-corrected chi connectivity index (χ3v) is 3.25. The normalized spacial score (nSPS) is 15.2. The average Bonchev–Trinajstić information content (AvgIpc) is 2.71. The van der Waals surface area contributed by atoms with Crippen molar-refractivity contribution < 1.29 is 0 Å². The monoisotopic (exact) mass is 199 g/mol. The summed E-state index contributed by atoms with van der Waals surface area (Å²) in [6.07, 6.45) is 9.38. The maximum absolute atomic E-state index is 5.55. The van der Waals surface area contributed by atoms with E-state index in [9.17, 15) is 0 Å². The van der Waals surface area contributed by atoms with Gasteiger partial charge in [0.1, 0.15) is 0 Å². The molecule has 0 fully saturated rings. The van der Waals surface area contributed by atoms with Crippen molar-refractivity contribution in [2.24, 2.45) is 5.73 Å². The first-order valence-corrected chi connectivity index (χ1v) is 6.00. The number of hydrogen-bond acceptors (Lipinski definition) is 1. The van der Waals surface area contributed by atoms with E-state index in [4.69, 9.17) is 5.73 Å². The number of nitrogens with two attached hydrogens (primary N) is 1. The molecule has 1 aliphatic rings. The van der Waals surface area contributed by atoms with Gasteiger partial charge in [-0.05, 0) is 11.7 Å². The molecule has 0 saturated carbocycles. The first-order chi connectivity index (χ1) is 6.90. The second kappa shape index (κ2) is 4.40. The molecule has 0 heterocycles. The molecule has 1 aromatic carbocycles. The lowest BCUT2D eigenvalue weighted by Gasteiger charge is -2.07. The van der Waals surface area contributed by atoms with E-state index in [0.717, 1.165) is 15.7 Å². The average molecular weight is 199 g/mol. The predicted molar refractivity (Wildman–Crippen MR) is 61.9 cm³/mol. The third kappa shape index (κ3) is 2.03. The number of rotatable bonds is 3. The van der Waals surface area contributed by atoms with E-state index in [1.165, 1.54) is 10.8 Å². The quantitative estimate of drug-likeness (QED) is 0.726. The van der Waals surface area contributed by atoms with Crippen molar-refractivity contribution in [3.8, 4) is 0 Å². The molecule has 1 aliphatic carbocycles. The van der Waals surface area contributed by atoms with Gasteiger partial charge in [-0.25, -0.2) is 0 Å². The minimum Gasteiger partial charge on any atom is -0.333 e. The summed E-state index contributed by atoms with van der Waals surface area (Å²) in [6.45, 7) is 0. The van der Waals surface area contributed by atoms with Crippen LogP contribution in [0.2, 0.25) is 0 Å². The third-order valence-electron chi connectivity index (χ3n) is 2.33. The van der Waals surface area contributed by atoms with Gasteiger partial charge in [0.15, 0.2) is 0 Å². The molecule has 1 nitrogen and oxygen atoms in total. The molecule has 0 atom stereocenters. The summed E-state index contributed by atoms with van der Waals surface area (Å²) < 4.78 is 0. The van der Waals surface area contributed by atoms with Crippen LogP contribution in [0.5, 0.6) is 0 Å². The lowest BCUT2D eigenvalue weighted by molar-refractivity contribution is 1.11. The Labute approximate surface area is 87.2 Å². The van der Waals surface area contributed by atoms with Crippen molar-refractivity contribution in [1.29, 1.82) is 0 Å². The van der Waals surface area contributed by atoms with E-state index in [-0.39, 0.29) is 0 Å². The van der Waals surface area contributed by atoms with Crippen LogP contribution in [0.15, 0.2) is 48.6 Å². The molecule has 0 spiro atoms. The second-order valence-electron chi connectivity index (χ2n) is 3.30. The topological polar surface area (TPSA) is 26.0 Å². The summed E-state index contributed by atoms with van der Waals surface area (Å²) in [5, 5.41) is 1.36. The number of allylic oxidation sites excluding steroid dienone is 4. The molecule has 0 saturated heterocycles. The van der Waals surface area contributed by atoms with Gasteiger partial charge >= 0.3 is 0 Å². The summed E-state index contributed by atoms with van der Waals surface area (Å²) in [4.78, 5) is 0. The van der Waals surface area contributed by atoms with Gasteiger partial charge in [0.25, 0.3) is 0 Å². The Bertz CT molecular complexity index is 356. The molecule has 2 rings (SSSR count). The summed E-state index contributed by atoms with van der Waals surface area (Å²) >= 11 is 0. The van der Waals surface area contributed by atoms with Crippen molar-refractivity contribution >= 4 is 14.7 Å². The first-order valence-electron chi connectivity index (χ1n) is 4.79. The second-order valence-corrected chi connectivity index (χ2v) is 4.64. The predicted octanol–water partition coefficient (Wildman–Crippen LogP) is 1.14. The standard InChI is InChI=1S/C12H13NSi/c13-9-14-12-7-3-6-11(8-12)10-4-1-2-5-10/h1-8,10H,9,13H2. The molecule has 0 amide bonds. The van der Waals surface area contributed by atoms with Crippen LogP contribution in [0.25, 0.3) is 0 Å². The Balaban J connectivity index is 2.21. The fraction of sp³-hybridized carbons (Fsp3) is 0.167. The van der Waals surface area contributed by atoms with Crippen LogP contribution in [-0.4, -0.2) is 15.7 Å². The van der Waals surface area contributed by atoms with Gasteiger partial charge in [-0.3, -0.25) is 0 Å². The number of hydrogen-bond donors (Lipinski definition) is 1. The van der Waals surface area contributed by atoms with Crippen LogP contribution in [0.1, 0.15) is 11.5 Å². The SMILES string of the molecule is NC[Si]c1cccc(C2C=CC=C2)c1. The van der Waals surface area contributed by atoms with Gasteiger partial charge in [0, 0.05) is 5.92 Å². The van der Waals surface area contributed by atoms with E-state index in [2.05, 4.69) is 48.6 Å². The summed E-state index contributed by atoms with van der Waals surface area (Å²) in [7, 11) is 0.729. The highest BCUT2D eigenvalue weighted by Crippen LogP contribution is 2.21. The van der Waals surface area contributed by atoms with Crippen LogP contribution >= 0.6 is 0 Å². The Morgan fingerprint density at radius 2 is 2.00 bits per heavy atom. The highest BCUT2D eigenvalue weighted by Gasteiger charge is 2.06.